The highest BCUT2D eigenvalue weighted by atomic mass is 32.1. The van der Waals surface area contributed by atoms with Crippen LogP contribution in [0.5, 0.6) is 5.75 Å². The van der Waals surface area contributed by atoms with E-state index >= 15 is 0 Å². The summed E-state index contributed by atoms with van der Waals surface area (Å²) in [4.78, 5) is 39.4. The van der Waals surface area contributed by atoms with Crippen molar-refractivity contribution in [3.63, 3.8) is 0 Å². The van der Waals surface area contributed by atoms with Gasteiger partial charge in [-0.3, -0.25) is 19.7 Å². The first-order valence-electron chi connectivity index (χ1n) is 13.8. The van der Waals surface area contributed by atoms with Gasteiger partial charge in [-0.2, -0.15) is 0 Å². The smallest absolute Gasteiger partial charge is 0.308 e. The van der Waals surface area contributed by atoms with Crippen LogP contribution in [0.15, 0.2) is 54.6 Å². The van der Waals surface area contributed by atoms with Crippen LogP contribution in [0.3, 0.4) is 0 Å². The Morgan fingerprint density at radius 1 is 1.00 bits per heavy atom. The zero-order valence-electron chi connectivity index (χ0n) is 22.7. The van der Waals surface area contributed by atoms with Crippen molar-refractivity contribution in [3.8, 4) is 5.75 Å². The Balaban J connectivity index is 1.45. The summed E-state index contributed by atoms with van der Waals surface area (Å²) in [5.41, 5.74) is 1.59. The summed E-state index contributed by atoms with van der Waals surface area (Å²) in [6, 6.07) is 16.0. The number of esters is 1. The summed E-state index contributed by atoms with van der Waals surface area (Å²) in [5.74, 6) is -0.487. The van der Waals surface area contributed by atoms with E-state index in [9.17, 15) is 14.4 Å². The van der Waals surface area contributed by atoms with Crippen LogP contribution in [0.25, 0.3) is 0 Å². The zero-order chi connectivity index (χ0) is 27.9. The average Bonchev–Trinajstić information content (AvgIpc) is 2.95. The van der Waals surface area contributed by atoms with Crippen LogP contribution in [-0.2, 0) is 20.7 Å². The van der Waals surface area contributed by atoms with Gasteiger partial charge >= 0.3 is 5.97 Å². The third kappa shape index (κ3) is 10.3. The van der Waals surface area contributed by atoms with E-state index < -0.39 is 12.0 Å². The molecule has 2 aromatic rings. The minimum absolute atomic E-state index is 0.101. The van der Waals surface area contributed by atoms with Crippen LogP contribution in [0.4, 0.5) is 0 Å². The number of hydrogen-bond acceptors (Lipinski definition) is 6. The van der Waals surface area contributed by atoms with Gasteiger partial charge in [-0.15, -0.1) is 0 Å². The highest BCUT2D eigenvalue weighted by molar-refractivity contribution is 7.80. The normalized spacial score (nSPS) is 14.8. The number of aryl methyl sites for hydroxylation is 1. The summed E-state index contributed by atoms with van der Waals surface area (Å²) in [7, 11) is 0. The molecule has 1 unspecified atom stereocenters. The van der Waals surface area contributed by atoms with Crippen molar-refractivity contribution in [1.29, 1.82) is 0 Å². The molecule has 2 N–H and O–H groups in total. The molecule has 1 heterocycles. The molecule has 0 aliphatic carbocycles. The molecule has 2 amide bonds. The van der Waals surface area contributed by atoms with E-state index in [-0.39, 0.29) is 30.0 Å². The second-order valence-corrected chi connectivity index (χ2v) is 9.95. The molecule has 210 valence electrons. The van der Waals surface area contributed by atoms with Crippen LogP contribution in [0, 0.1) is 0 Å². The predicted molar refractivity (Wildman–Crippen MR) is 155 cm³/mol. The molecule has 0 spiro atoms. The minimum atomic E-state index is -0.846. The van der Waals surface area contributed by atoms with Gasteiger partial charge < -0.3 is 19.7 Å². The summed E-state index contributed by atoms with van der Waals surface area (Å²) in [5, 5.41) is 5.56. The number of carbonyl (C=O) groups excluding carboxylic acids is 3. The summed E-state index contributed by atoms with van der Waals surface area (Å²) in [6.45, 7) is 3.84. The molecule has 1 saturated heterocycles. The highest BCUT2D eigenvalue weighted by Crippen LogP contribution is 2.15. The van der Waals surface area contributed by atoms with Crippen molar-refractivity contribution >= 4 is 35.1 Å². The van der Waals surface area contributed by atoms with Crippen LogP contribution < -0.4 is 15.4 Å². The molecule has 0 bridgehead atoms. The fourth-order valence-electron chi connectivity index (χ4n) is 4.32. The largest absolute Gasteiger partial charge is 0.494 e. The highest BCUT2D eigenvalue weighted by Gasteiger charge is 2.34. The van der Waals surface area contributed by atoms with E-state index in [2.05, 4.69) is 17.6 Å². The summed E-state index contributed by atoms with van der Waals surface area (Å²) >= 11 is 5.46. The number of rotatable bonds is 14. The molecular formula is C30H39N3O5S. The molecule has 0 radical (unpaired) electrons. The van der Waals surface area contributed by atoms with Gasteiger partial charge in [-0.05, 0) is 61.3 Å². The van der Waals surface area contributed by atoms with Gasteiger partial charge in [0.2, 0.25) is 5.91 Å². The van der Waals surface area contributed by atoms with Gasteiger partial charge in [-0.25, -0.2) is 0 Å². The molecule has 39 heavy (non-hydrogen) atoms. The third-order valence-electron chi connectivity index (χ3n) is 6.52. The quantitative estimate of drug-likeness (QED) is 0.203. The molecule has 1 atom stereocenters. The Bertz CT molecular complexity index is 1080. The molecule has 1 aliphatic heterocycles. The van der Waals surface area contributed by atoms with Gasteiger partial charge in [0.15, 0.2) is 5.11 Å². The van der Waals surface area contributed by atoms with Gasteiger partial charge in [0, 0.05) is 18.7 Å². The van der Waals surface area contributed by atoms with Gasteiger partial charge in [0.1, 0.15) is 11.8 Å². The summed E-state index contributed by atoms with van der Waals surface area (Å²) in [6.07, 6.45) is 7.15. The lowest BCUT2D eigenvalue weighted by atomic mass is 10.1. The number of unbranched alkanes of at least 4 members (excludes halogenated alkanes) is 4. The molecular weight excluding hydrogens is 514 g/mol. The number of hydrogen-bond donors (Lipinski definition) is 2. The van der Waals surface area contributed by atoms with Crippen LogP contribution >= 0.6 is 12.2 Å². The van der Waals surface area contributed by atoms with E-state index in [1.807, 2.05) is 30.3 Å². The Morgan fingerprint density at radius 2 is 1.74 bits per heavy atom. The number of nitrogens with zero attached hydrogens (tertiary/aromatic N) is 1. The lowest BCUT2D eigenvalue weighted by Crippen LogP contribution is -2.60. The minimum Gasteiger partial charge on any atom is -0.494 e. The topological polar surface area (TPSA) is 97.0 Å². The lowest BCUT2D eigenvalue weighted by molar-refractivity contribution is -0.147. The Hall–Kier alpha value is -3.46. The van der Waals surface area contributed by atoms with E-state index in [0.29, 0.717) is 37.4 Å². The molecule has 0 aromatic heterocycles. The van der Waals surface area contributed by atoms with Gasteiger partial charge in [-0.1, -0.05) is 62.9 Å². The number of piperazine rings is 1. The molecule has 1 fully saturated rings. The second kappa shape index (κ2) is 16.5. The molecule has 9 heteroatoms. The SMILES string of the molecule is CCCCCCCOc1ccc(C(=O)NC(=S)N2CCNC(=O)C2CC(=O)OCCCc2ccccc2)cc1. The maximum absolute atomic E-state index is 12.8. The number of nitrogens with one attached hydrogen (secondary N) is 2. The van der Waals surface area contributed by atoms with E-state index in [0.717, 1.165) is 19.3 Å². The maximum atomic E-state index is 12.8. The first kappa shape index (κ1) is 30.1. The van der Waals surface area contributed by atoms with E-state index in [4.69, 9.17) is 21.7 Å². The van der Waals surface area contributed by atoms with Crippen molar-refractivity contribution in [2.45, 2.75) is 64.3 Å². The van der Waals surface area contributed by atoms with Crippen LogP contribution in [0.2, 0.25) is 0 Å². The van der Waals surface area contributed by atoms with Gasteiger partial charge in [0.05, 0.1) is 19.6 Å². The Kier molecular flexibility index (Phi) is 12.7. The first-order chi connectivity index (χ1) is 19.0. The Labute approximate surface area is 236 Å². The fraction of sp³-hybridized carbons (Fsp3) is 0.467. The van der Waals surface area contributed by atoms with Gasteiger partial charge in [0.25, 0.3) is 5.91 Å². The Morgan fingerprint density at radius 3 is 2.49 bits per heavy atom. The van der Waals surface area contributed by atoms with Crippen molar-refractivity contribution in [3.05, 3.63) is 65.7 Å². The van der Waals surface area contributed by atoms with Crippen molar-refractivity contribution in [2.75, 3.05) is 26.3 Å². The average molecular weight is 554 g/mol. The number of carbonyl (C=O) groups is 3. The maximum Gasteiger partial charge on any atom is 0.308 e. The molecule has 0 saturated carbocycles. The molecule has 3 rings (SSSR count). The second-order valence-electron chi connectivity index (χ2n) is 9.56. The number of ether oxygens (including phenoxy) is 2. The molecule has 1 aliphatic rings. The van der Waals surface area contributed by atoms with Crippen molar-refractivity contribution in [2.24, 2.45) is 0 Å². The fourth-order valence-corrected chi connectivity index (χ4v) is 4.63. The predicted octanol–water partition coefficient (Wildman–Crippen LogP) is 4.42. The van der Waals surface area contributed by atoms with E-state index in [1.54, 1.807) is 29.2 Å². The van der Waals surface area contributed by atoms with Crippen LogP contribution in [0.1, 0.15) is 67.8 Å². The standard InChI is InChI=1S/C30H39N3O5S/c1-2-3-4-5-9-20-37-25-16-14-24(15-17-25)28(35)32-30(39)33-19-18-31-29(36)26(33)22-27(34)38-21-10-13-23-11-7-6-8-12-23/h6-8,11-12,14-17,26H,2-5,9-10,13,18-22H2,1H3,(H,31,36)(H,32,35,39). The van der Waals surface area contributed by atoms with Crippen LogP contribution in [-0.4, -0.2) is 60.1 Å². The number of benzene rings is 2. The number of thiocarbonyl (C=S) groups is 1. The molecule has 2 aromatic carbocycles. The van der Waals surface area contributed by atoms with Crippen molar-refractivity contribution < 1.29 is 23.9 Å². The third-order valence-corrected chi connectivity index (χ3v) is 6.86. The number of amides is 2. The first-order valence-corrected chi connectivity index (χ1v) is 14.2. The molecule has 8 nitrogen and oxygen atoms in total. The monoisotopic (exact) mass is 553 g/mol. The zero-order valence-corrected chi connectivity index (χ0v) is 23.5. The van der Waals surface area contributed by atoms with E-state index in [1.165, 1.54) is 24.8 Å². The lowest BCUT2D eigenvalue weighted by Gasteiger charge is -2.36. The summed E-state index contributed by atoms with van der Waals surface area (Å²) < 4.78 is 11.1. The van der Waals surface area contributed by atoms with Crippen molar-refractivity contribution in [1.82, 2.24) is 15.5 Å².